The van der Waals surface area contributed by atoms with Crippen LogP contribution >= 0.6 is 15.9 Å². The Morgan fingerprint density at radius 2 is 1.84 bits per heavy atom. The minimum atomic E-state index is -4.51. The van der Waals surface area contributed by atoms with Crippen molar-refractivity contribution in [3.05, 3.63) is 64.7 Å². The topological polar surface area (TPSA) is 50.7 Å². The van der Waals surface area contributed by atoms with Crippen LogP contribution in [-0.4, -0.2) is 15.0 Å². The molecule has 1 aromatic carbocycles. The van der Waals surface area contributed by atoms with Crippen LogP contribution in [0.25, 0.3) is 11.1 Å². The molecule has 0 saturated heterocycles. The molecule has 25 heavy (non-hydrogen) atoms. The standard InChI is InChI=1S/C17H12BrF3N4/c1-10-4-11(12-6-13(18)9-22-8-12)7-14(5-10)24-16-23-3-2-15(25-16)17(19,20)21/h2-9H,1H3,(H,23,24,25). The molecule has 0 aliphatic carbocycles. The lowest BCUT2D eigenvalue weighted by atomic mass is 10.0. The van der Waals surface area contributed by atoms with Gasteiger partial charge in [0, 0.05) is 34.3 Å². The van der Waals surface area contributed by atoms with Gasteiger partial charge in [0.15, 0.2) is 0 Å². The first-order chi connectivity index (χ1) is 11.8. The Labute approximate surface area is 150 Å². The molecule has 0 amide bonds. The number of aromatic nitrogens is 3. The molecule has 0 unspecified atom stereocenters. The van der Waals surface area contributed by atoms with Crippen molar-refractivity contribution in [3.8, 4) is 11.1 Å². The minimum Gasteiger partial charge on any atom is -0.324 e. The number of nitrogens with zero attached hydrogens (tertiary/aromatic N) is 3. The Morgan fingerprint density at radius 1 is 1.04 bits per heavy atom. The highest BCUT2D eigenvalue weighted by molar-refractivity contribution is 9.10. The van der Waals surface area contributed by atoms with E-state index in [0.717, 1.165) is 33.4 Å². The molecule has 0 saturated carbocycles. The van der Waals surface area contributed by atoms with E-state index in [-0.39, 0.29) is 5.95 Å². The number of halogens is 4. The monoisotopic (exact) mass is 408 g/mol. The maximum absolute atomic E-state index is 12.8. The van der Waals surface area contributed by atoms with E-state index in [1.54, 1.807) is 24.5 Å². The quantitative estimate of drug-likeness (QED) is 0.632. The molecule has 0 aliphatic rings. The molecule has 0 atom stereocenters. The summed E-state index contributed by atoms with van der Waals surface area (Å²) in [7, 11) is 0. The van der Waals surface area contributed by atoms with Crippen LogP contribution in [0.2, 0.25) is 0 Å². The van der Waals surface area contributed by atoms with Gasteiger partial charge in [-0.2, -0.15) is 13.2 Å². The van der Waals surface area contributed by atoms with Crippen LogP contribution in [-0.2, 0) is 6.18 Å². The summed E-state index contributed by atoms with van der Waals surface area (Å²) < 4.78 is 39.1. The molecule has 0 spiro atoms. The number of anilines is 2. The number of hydrogen-bond donors (Lipinski definition) is 1. The molecule has 0 bridgehead atoms. The van der Waals surface area contributed by atoms with Gasteiger partial charge < -0.3 is 5.32 Å². The van der Waals surface area contributed by atoms with Gasteiger partial charge in [0.1, 0.15) is 5.69 Å². The van der Waals surface area contributed by atoms with Gasteiger partial charge in [-0.1, -0.05) is 6.07 Å². The van der Waals surface area contributed by atoms with Crippen molar-refractivity contribution in [1.82, 2.24) is 15.0 Å². The van der Waals surface area contributed by atoms with Gasteiger partial charge in [-0.15, -0.1) is 0 Å². The van der Waals surface area contributed by atoms with E-state index < -0.39 is 11.9 Å². The molecule has 0 fully saturated rings. The maximum Gasteiger partial charge on any atom is 0.433 e. The van der Waals surface area contributed by atoms with Crippen LogP contribution < -0.4 is 5.32 Å². The van der Waals surface area contributed by atoms with Crippen molar-refractivity contribution >= 4 is 27.6 Å². The van der Waals surface area contributed by atoms with Crippen LogP contribution in [0, 0.1) is 6.92 Å². The highest BCUT2D eigenvalue weighted by atomic mass is 79.9. The Bertz CT molecular complexity index is 912. The fourth-order valence-corrected chi connectivity index (χ4v) is 2.66. The first-order valence-electron chi connectivity index (χ1n) is 7.21. The fraction of sp³-hybridized carbons (Fsp3) is 0.118. The zero-order valence-corrected chi connectivity index (χ0v) is 14.6. The SMILES string of the molecule is Cc1cc(Nc2nccc(C(F)(F)F)n2)cc(-c2cncc(Br)c2)c1. The van der Waals surface area contributed by atoms with E-state index in [0.29, 0.717) is 5.69 Å². The van der Waals surface area contributed by atoms with Crippen molar-refractivity contribution in [3.63, 3.8) is 0 Å². The molecule has 3 aromatic rings. The van der Waals surface area contributed by atoms with E-state index in [1.807, 2.05) is 19.1 Å². The summed E-state index contributed by atoms with van der Waals surface area (Å²) in [5.41, 5.74) is 2.30. The molecule has 4 nitrogen and oxygen atoms in total. The van der Waals surface area contributed by atoms with Crippen LogP contribution in [0.4, 0.5) is 24.8 Å². The second-order valence-electron chi connectivity index (χ2n) is 5.37. The second-order valence-corrected chi connectivity index (χ2v) is 6.28. The highest BCUT2D eigenvalue weighted by Gasteiger charge is 2.32. The fourth-order valence-electron chi connectivity index (χ4n) is 2.30. The van der Waals surface area contributed by atoms with Crippen molar-refractivity contribution in [1.29, 1.82) is 0 Å². The summed E-state index contributed by atoms with van der Waals surface area (Å²) in [6.45, 7) is 1.90. The number of nitrogens with one attached hydrogen (secondary N) is 1. The molecule has 2 heterocycles. The smallest absolute Gasteiger partial charge is 0.324 e. The third-order valence-corrected chi connectivity index (χ3v) is 3.75. The number of alkyl halides is 3. The van der Waals surface area contributed by atoms with Gasteiger partial charge in [0.25, 0.3) is 0 Å². The lowest BCUT2D eigenvalue weighted by Crippen LogP contribution is -2.10. The number of hydrogen-bond acceptors (Lipinski definition) is 4. The molecular formula is C17H12BrF3N4. The first kappa shape index (κ1) is 17.3. The van der Waals surface area contributed by atoms with Gasteiger partial charge in [0.05, 0.1) is 0 Å². The van der Waals surface area contributed by atoms with E-state index >= 15 is 0 Å². The third kappa shape index (κ3) is 4.33. The molecule has 2 aromatic heterocycles. The molecule has 128 valence electrons. The number of benzene rings is 1. The number of pyridine rings is 1. The predicted octanol–water partition coefficient (Wildman–Crippen LogP) is 5.37. The maximum atomic E-state index is 12.8. The van der Waals surface area contributed by atoms with Gasteiger partial charge in [-0.3, -0.25) is 4.98 Å². The van der Waals surface area contributed by atoms with Gasteiger partial charge in [-0.25, -0.2) is 9.97 Å². The molecule has 0 radical (unpaired) electrons. The van der Waals surface area contributed by atoms with Crippen LogP contribution in [0.3, 0.4) is 0 Å². The normalized spacial score (nSPS) is 11.4. The van der Waals surface area contributed by atoms with Gasteiger partial charge in [0.2, 0.25) is 5.95 Å². The molecular weight excluding hydrogens is 397 g/mol. The summed E-state index contributed by atoms with van der Waals surface area (Å²) in [6, 6.07) is 8.31. The van der Waals surface area contributed by atoms with Crippen LogP contribution in [0.5, 0.6) is 0 Å². The Kier molecular flexibility index (Phi) is 4.71. The molecule has 1 N–H and O–H groups in total. The Morgan fingerprint density at radius 3 is 2.56 bits per heavy atom. The van der Waals surface area contributed by atoms with E-state index in [2.05, 4.69) is 36.2 Å². The summed E-state index contributed by atoms with van der Waals surface area (Å²) in [5, 5.41) is 2.83. The zero-order chi connectivity index (χ0) is 18.0. The summed E-state index contributed by atoms with van der Waals surface area (Å²) in [4.78, 5) is 11.5. The van der Waals surface area contributed by atoms with Gasteiger partial charge >= 0.3 is 6.18 Å². The first-order valence-corrected chi connectivity index (χ1v) is 8.00. The Balaban J connectivity index is 1.94. The molecule has 3 rings (SSSR count). The lowest BCUT2D eigenvalue weighted by molar-refractivity contribution is -0.141. The third-order valence-electron chi connectivity index (χ3n) is 3.32. The van der Waals surface area contributed by atoms with E-state index in [1.165, 1.54) is 0 Å². The average molecular weight is 409 g/mol. The summed E-state index contributed by atoms with van der Waals surface area (Å²) in [6.07, 6.45) is -0.0504. The molecule has 0 aliphatic heterocycles. The van der Waals surface area contributed by atoms with Crippen molar-refractivity contribution in [2.24, 2.45) is 0 Å². The van der Waals surface area contributed by atoms with Crippen LogP contribution in [0.15, 0.2) is 53.4 Å². The summed E-state index contributed by atoms with van der Waals surface area (Å²) in [5.74, 6) is -0.112. The second kappa shape index (κ2) is 6.79. The molecule has 8 heteroatoms. The number of rotatable bonds is 3. The minimum absolute atomic E-state index is 0.112. The summed E-state index contributed by atoms with van der Waals surface area (Å²) >= 11 is 3.37. The lowest BCUT2D eigenvalue weighted by Gasteiger charge is -2.11. The van der Waals surface area contributed by atoms with E-state index in [4.69, 9.17) is 0 Å². The Hall–Kier alpha value is -2.48. The van der Waals surface area contributed by atoms with Crippen molar-refractivity contribution in [2.45, 2.75) is 13.1 Å². The highest BCUT2D eigenvalue weighted by Crippen LogP contribution is 2.29. The average Bonchev–Trinajstić information content (AvgIpc) is 2.54. The van der Waals surface area contributed by atoms with Crippen molar-refractivity contribution in [2.75, 3.05) is 5.32 Å². The van der Waals surface area contributed by atoms with E-state index in [9.17, 15) is 13.2 Å². The van der Waals surface area contributed by atoms with Crippen molar-refractivity contribution < 1.29 is 13.2 Å². The predicted molar refractivity (Wildman–Crippen MR) is 92.4 cm³/mol. The number of aryl methyl sites for hydroxylation is 1. The van der Waals surface area contributed by atoms with Crippen LogP contribution in [0.1, 0.15) is 11.3 Å². The van der Waals surface area contributed by atoms with Gasteiger partial charge in [-0.05, 0) is 58.2 Å². The largest absolute Gasteiger partial charge is 0.433 e. The zero-order valence-electron chi connectivity index (χ0n) is 13.0.